The van der Waals surface area contributed by atoms with Crippen LogP contribution in [0.15, 0.2) is 22.8 Å². The Hall–Kier alpha value is -1.29. The first-order valence-electron chi connectivity index (χ1n) is 5.53. The van der Waals surface area contributed by atoms with Crippen molar-refractivity contribution in [2.45, 2.75) is 20.4 Å². The van der Waals surface area contributed by atoms with E-state index in [9.17, 15) is 4.79 Å². The highest BCUT2D eigenvalue weighted by molar-refractivity contribution is 5.79. The van der Waals surface area contributed by atoms with Crippen molar-refractivity contribution >= 4 is 5.91 Å². The number of amides is 1. The average Bonchev–Trinajstić information content (AvgIpc) is 2.70. The minimum Gasteiger partial charge on any atom is -0.467 e. The van der Waals surface area contributed by atoms with E-state index in [1.165, 1.54) is 0 Å². The van der Waals surface area contributed by atoms with Gasteiger partial charge in [0.1, 0.15) is 5.76 Å². The number of nitrogens with two attached hydrogens (primary N) is 1. The third kappa shape index (κ3) is 3.10. The third-order valence-corrected chi connectivity index (χ3v) is 2.73. The van der Waals surface area contributed by atoms with Crippen LogP contribution in [0.4, 0.5) is 0 Å². The van der Waals surface area contributed by atoms with Gasteiger partial charge in [-0.25, -0.2) is 0 Å². The molecule has 4 heteroatoms. The summed E-state index contributed by atoms with van der Waals surface area (Å²) in [5.74, 6) is 1.01. The Morgan fingerprint density at radius 2 is 2.25 bits per heavy atom. The van der Waals surface area contributed by atoms with Crippen LogP contribution >= 0.6 is 0 Å². The highest BCUT2D eigenvalue weighted by atomic mass is 16.3. The monoisotopic (exact) mass is 224 g/mol. The van der Waals surface area contributed by atoms with Gasteiger partial charge >= 0.3 is 0 Å². The first kappa shape index (κ1) is 12.8. The summed E-state index contributed by atoms with van der Waals surface area (Å²) in [4.78, 5) is 13.7. The highest BCUT2D eigenvalue weighted by Crippen LogP contribution is 2.14. The van der Waals surface area contributed by atoms with Crippen molar-refractivity contribution in [2.24, 2.45) is 17.6 Å². The molecular weight excluding hydrogens is 204 g/mol. The number of hydrogen-bond donors (Lipinski definition) is 1. The molecule has 1 heterocycles. The van der Waals surface area contributed by atoms with Gasteiger partial charge in [-0.05, 0) is 18.1 Å². The second-order valence-electron chi connectivity index (χ2n) is 4.36. The molecule has 1 aromatic heterocycles. The van der Waals surface area contributed by atoms with Gasteiger partial charge in [0, 0.05) is 13.6 Å². The summed E-state index contributed by atoms with van der Waals surface area (Å²) in [7, 11) is 1.77. The molecule has 16 heavy (non-hydrogen) atoms. The minimum atomic E-state index is -0.111. The molecule has 1 atom stereocenters. The Morgan fingerprint density at radius 1 is 1.56 bits per heavy atom. The van der Waals surface area contributed by atoms with E-state index in [0.717, 1.165) is 5.76 Å². The van der Waals surface area contributed by atoms with Crippen LogP contribution < -0.4 is 5.73 Å². The molecule has 2 N–H and O–H groups in total. The third-order valence-electron chi connectivity index (χ3n) is 2.73. The highest BCUT2D eigenvalue weighted by Gasteiger charge is 2.24. The number of rotatable bonds is 5. The van der Waals surface area contributed by atoms with Gasteiger partial charge in [0.15, 0.2) is 0 Å². The molecule has 90 valence electrons. The van der Waals surface area contributed by atoms with Crippen LogP contribution in [-0.2, 0) is 11.3 Å². The lowest BCUT2D eigenvalue weighted by molar-refractivity contribution is -0.136. The van der Waals surface area contributed by atoms with Crippen molar-refractivity contribution in [3.05, 3.63) is 24.2 Å². The van der Waals surface area contributed by atoms with Crippen molar-refractivity contribution in [3.63, 3.8) is 0 Å². The molecule has 0 bridgehead atoms. The summed E-state index contributed by atoms with van der Waals surface area (Å²) in [6.45, 7) is 4.90. The van der Waals surface area contributed by atoms with Gasteiger partial charge in [-0.15, -0.1) is 0 Å². The summed E-state index contributed by atoms with van der Waals surface area (Å²) in [5, 5.41) is 0. The quantitative estimate of drug-likeness (QED) is 0.824. The summed E-state index contributed by atoms with van der Waals surface area (Å²) in [5.41, 5.74) is 5.61. The van der Waals surface area contributed by atoms with E-state index in [1.807, 2.05) is 26.0 Å². The van der Waals surface area contributed by atoms with Gasteiger partial charge in [-0.2, -0.15) is 0 Å². The Bertz CT molecular complexity index is 320. The zero-order valence-electron chi connectivity index (χ0n) is 10.1. The molecule has 0 spiro atoms. The number of hydrogen-bond acceptors (Lipinski definition) is 3. The van der Waals surface area contributed by atoms with E-state index in [1.54, 1.807) is 18.2 Å². The lowest BCUT2D eigenvalue weighted by Crippen LogP contribution is -2.38. The van der Waals surface area contributed by atoms with E-state index in [-0.39, 0.29) is 17.7 Å². The van der Waals surface area contributed by atoms with Gasteiger partial charge in [0.25, 0.3) is 0 Å². The first-order chi connectivity index (χ1) is 7.56. The lowest BCUT2D eigenvalue weighted by atomic mass is 9.94. The predicted molar refractivity (Wildman–Crippen MR) is 62.6 cm³/mol. The molecule has 1 rings (SSSR count). The topological polar surface area (TPSA) is 59.5 Å². The average molecular weight is 224 g/mol. The number of nitrogens with zero attached hydrogens (tertiary/aromatic N) is 1. The largest absolute Gasteiger partial charge is 0.467 e. The summed E-state index contributed by atoms with van der Waals surface area (Å²) in [6, 6.07) is 3.67. The van der Waals surface area contributed by atoms with Crippen LogP contribution in [0.25, 0.3) is 0 Å². The van der Waals surface area contributed by atoms with Crippen molar-refractivity contribution in [1.82, 2.24) is 4.90 Å². The lowest BCUT2D eigenvalue weighted by Gasteiger charge is -2.24. The van der Waals surface area contributed by atoms with Crippen molar-refractivity contribution < 1.29 is 9.21 Å². The Morgan fingerprint density at radius 3 is 2.69 bits per heavy atom. The fourth-order valence-electron chi connectivity index (χ4n) is 1.66. The minimum absolute atomic E-state index is 0.0777. The molecule has 4 nitrogen and oxygen atoms in total. The van der Waals surface area contributed by atoms with Gasteiger partial charge in [0.05, 0.1) is 18.7 Å². The zero-order valence-corrected chi connectivity index (χ0v) is 10.1. The molecular formula is C12H20N2O2. The van der Waals surface area contributed by atoms with Crippen LogP contribution in [0.3, 0.4) is 0 Å². The maximum absolute atomic E-state index is 12.0. The van der Waals surface area contributed by atoms with Crippen LogP contribution in [0.2, 0.25) is 0 Å². The van der Waals surface area contributed by atoms with E-state index in [0.29, 0.717) is 13.1 Å². The first-order valence-corrected chi connectivity index (χ1v) is 5.53. The number of carbonyl (C=O) groups excluding carboxylic acids is 1. The van der Waals surface area contributed by atoms with Gasteiger partial charge in [-0.3, -0.25) is 4.79 Å². The van der Waals surface area contributed by atoms with Gasteiger partial charge in [0.2, 0.25) is 5.91 Å². The van der Waals surface area contributed by atoms with Gasteiger partial charge in [-0.1, -0.05) is 13.8 Å². The molecule has 0 aromatic carbocycles. The predicted octanol–water partition coefficient (Wildman–Crippen LogP) is 1.47. The Labute approximate surface area is 96.4 Å². The van der Waals surface area contributed by atoms with E-state index in [2.05, 4.69) is 0 Å². The van der Waals surface area contributed by atoms with Crippen LogP contribution in [0.5, 0.6) is 0 Å². The second kappa shape index (κ2) is 5.70. The standard InChI is InChI=1S/C12H20N2O2/c1-9(2)11(7-13)12(15)14(3)8-10-5-4-6-16-10/h4-6,9,11H,7-8,13H2,1-3H3. The summed E-state index contributed by atoms with van der Waals surface area (Å²) < 4.78 is 5.20. The number of carbonyl (C=O) groups is 1. The van der Waals surface area contributed by atoms with Gasteiger partial charge < -0.3 is 15.1 Å². The van der Waals surface area contributed by atoms with Crippen LogP contribution in [0.1, 0.15) is 19.6 Å². The molecule has 0 saturated carbocycles. The fourth-order valence-corrected chi connectivity index (χ4v) is 1.66. The maximum Gasteiger partial charge on any atom is 0.227 e. The zero-order chi connectivity index (χ0) is 12.1. The molecule has 0 radical (unpaired) electrons. The summed E-state index contributed by atoms with van der Waals surface area (Å²) >= 11 is 0. The molecule has 0 aliphatic carbocycles. The van der Waals surface area contributed by atoms with E-state index >= 15 is 0 Å². The molecule has 1 aromatic rings. The van der Waals surface area contributed by atoms with E-state index in [4.69, 9.17) is 10.2 Å². The van der Waals surface area contributed by atoms with Crippen molar-refractivity contribution in [2.75, 3.05) is 13.6 Å². The molecule has 1 amide bonds. The maximum atomic E-state index is 12.0. The summed E-state index contributed by atoms with van der Waals surface area (Å²) in [6.07, 6.45) is 1.61. The van der Waals surface area contributed by atoms with Crippen LogP contribution in [-0.4, -0.2) is 24.4 Å². The van der Waals surface area contributed by atoms with E-state index < -0.39 is 0 Å². The number of furan rings is 1. The second-order valence-corrected chi connectivity index (χ2v) is 4.36. The molecule has 0 aliphatic heterocycles. The van der Waals surface area contributed by atoms with Crippen molar-refractivity contribution in [1.29, 1.82) is 0 Å². The SMILES string of the molecule is CC(C)C(CN)C(=O)N(C)Cc1ccco1. The Balaban J connectivity index is 2.59. The van der Waals surface area contributed by atoms with Crippen molar-refractivity contribution in [3.8, 4) is 0 Å². The van der Waals surface area contributed by atoms with Crippen LogP contribution in [0, 0.1) is 11.8 Å². The molecule has 0 fully saturated rings. The molecule has 0 aliphatic rings. The molecule has 1 unspecified atom stereocenters. The molecule has 0 saturated heterocycles. The Kier molecular flexibility index (Phi) is 4.55. The smallest absolute Gasteiger partial charge is 0.227 e. The normalized spacial score (nSPS) is 12.8. The fraction of sp³-hybridized carbons (Fsp3) is 0.583.